The summed E-state index contributed by atoms with van der Waals surface area (Å²) in [6.07, 6.45) is 21.2. The van der Waals surface area contributed by atoms with Crippen molar-refractivity contribution in [2.45, 2.75) is 140 Å². The Morgan fingerprint density at radius 2 is 1.05 bits per heavy atom. The average molecular weight is 583 g/mol. The molecule has 0 aliphatic heterocycles. The lowest BCUT2D eigenvalue weighted by Gasteiger charge is -2.38. The Morgan fingerprint density at radius 3 is 1.56 bits per heavy atom. The van der Waals surface area contributed by atoms with Crippen molar-refractivity contribution in [1.29, 1.82) is 0 Å². The van der Waals surface area contributed by atoms with E-state index in [9.17, 15) is 15.3 Å². The molecule has 5 rings (SSSR count). The van der Waals surface area contributed by atoms with Gasteiger partial charge < -0.3 is 15.3 Å². The summed E-state index contributed by atoms with van der Waals surface area (Å²) in [4.78, 5) is 0. The van der Waals surface area contributed by atoms with Crippen LogP contribution < -0.4 is 0 Å². The first-order valence-corrected chi connectivity index (χ1v) is 17.5. The predicted octanol–water partition coefficient (Wildman–Crippen LogP) is 11.4. The highest BCUT2D eigenvalue weighted by atomic mass is 16.3. The summed E-state index contributed by atoms with van der Waals surface area (Å²) in [5, 5.41) is 33.8. The molecule has 0 heterocycles. The van der Waals surface area contributed by atoms with Crippen LogP contribution in [0.25, 0.3) is 0 Å². The third-order valence-electron chi connectivity index (χ3n) is 10.6. The van der Waals surface area contributed by atoms with Crippen molar-refractivity contribution >= 4 is 0 Å². The van der Waals surface area contributed by atoms with Crippen molar-refractivity contribution in [2.75, 3.05) is 0 Å². The number of benzene rings is 3. The van der Waals surface area contributed by atoms with Crippen molar-refractivity contribution in [1.82, 2.24) is 0 Å². The fourth-order valence-electron chi connectivity index (χ4n) is 8.20. The van der Waals surface area contributed by atoms with Crippen molar-refractivity contribution in [2.24, 2.45) is 0 Å². The van der Waals surface area contributed by atoms with Crippen LogP contribution in [0.5, 0.6) is 17.2 Å². The Morgan fingerprint density at radius 1 is 0.558 bits per heavy atom. The monoisotopic (exact) mass is 582 g/mol. The maximum Gasteiger partial charge on any atom is 0.120 e. The van der Waals surface area contributed by atoms with Gasteiger partial charge in [0.15, 0.2) is 0 Å². The second kappa shape index (κ2) is 15.2. The van der Waals surface area contributed by atoms with Gasteiger partial charge in [0.05, 0.1) is 0 Å². The van der Waals surface area contributed by atoms with Crippen molar-refractivity contribution in [3.63, 3.8) is 0 Å². The van der Waals surface area contributed by atoms with Gasteiger partial charge in [-0.15, -0.1) is 0 Å². The molecule has 0 aromatic heterocycles. The van der Waals surface area contributed by atoms with E-state index in [-0.39, 0.29) is 0 Å². The van der Waals surface area contributed by atoms with Crippen LogP contribution in [0, 0.1) is 0 Å². The molecule has 0 spiro atoms. The fourth-order valence-corrected chi connectivity index (χ4v) is 8.20. The Hall–Kier alpha value is -2.94. The van der Waals surface area contributed by atoms with Crippen LogP contribution in [0.3, 0.4) is 0 Å². The smallest absolute Gasteiger partial charge is 0.120 e. The second-order valence-corrected chi connectivity index (χ2v) is 13.5. The van der Waals surface area contributed by atoms with Gasteiger partial charge in [0, 0.05) is 11.0 Å². The summed E-state index contributed by atoms with van der Waals surface area (Å²) in [6, 6.07) is 20.4. The molecule has 0 saturated heterocycles. The standard InChI is InChI=1S/C40H54O3/c1-2-3-4-5-6-7-16-27-40(36-21-14-15-22-39(36)43,32-23-25-37(41)34(28-32)30-17-10-8-11-18-30)33-24-26-38(42)35(29-33)31-19-12-9-13-20-31/h14-15,21-26,28-31,41-43H,2-13,16-20,27H2,1H3. The number of para-hydroxylation sites is 1. The first-order chi connectivity index (χ1) is 21.0. The highest BCUT2D eigenvalue weighted by molar-refractivity contribution is 5.58. The van der Waals surface area contributed by atoms with Crippen LogP contribution in [0.2, 0.25) is 0 Å². The molecule has 0 amide bonds. The van der Waals surface area contributed by atoms with Crippen LogP contribution in [0.4, 0.5) is 0 Å². The zero-order valence-electron chi connectivity index (χ0n) is 26.5. The minimum absolute atomic E-state index is 0.310. The normalized spacial score (nSPS) is 16.9. The molecule has 3 nitrogen and oxygen atoms in total. The first kappa shape index (κ1) is 31.5. The van der Waals surface area contributed by atoms with E-state index < -0.39 is 5.41 Å². The van der Waals surface area contributed by atoms with Gasteiger partial charge in [-0.05, 0) is 84.4 Å². The lowest BCUT2D eigenvalue weighted by Crippen LogP contribution is -2.30. The lowest BCUT2D eigenvalue weighted by atomic mass is 9.64. The second-order valence-electron chi connectivity index (χ2n) is 13.5. The Bertz CT molecular complexity index is 1230. The van der Waals surface area contributed by atoms with E-state index in [1.165, 1.54) is 70.6 Å². The molecule has 3 aromatic rings. The van der Waals surface area contributed by atoms with Gasteiger partial charge in [-0.3, -0.25) is 0 Å². The summed E-state index contributed by atoms with van der Waals surface area (Å²) in [7, 11) is 0. The summed E-state index contributed by atoms with van der Waals surface area (Å²) in [6.45, 7) is 2.26. The van der Waals surface area contributed by atoms with Gasteiger partial charge in [0.25, 0.3) is 0 Å². The first-order valence-electron chi connectivity index (χ1n) is 17.5. The number of hydrogen-bond acceptors (Lipinski definition) is 3. The summed E-state index contributed by atoms with van der Waals surface area (Å²) in [5.41, 5.74) is 4.72. The van der Waals surface area contributed by atoms with E-state index in [2.05, 4.69) is 37.3 Å². The number of rotatable bonds is 13. The van der Waals surface area contributed by atoms with Crippen molar-refractivity contribution < 1.29 is 15.3 Å². The largest absolute Gasteiger partial charge is 0.508 e. The minimum atomic E-state index is -0.594. The van der Waals surface area contributed by atoms with E-state index >= 15 is 0 Å². The minimum Gasteiger partial charge on any atom is -0.508 e. The third-order valence-corrected chi connectivity index (χ3v) is 10.6. The number of unbranched alkanes of at least 4 members (excludes halogenated alkanes) is 6. The molecule has 2 aliphatic carbocycles. The van der Waals surface area contributed by atoms with Crippen LogP contribution in [-0.2, 0) is 5.41 Å². The molecule has 3 heteroatoms. The molecule has 0 unspecified atom stereocenters. The fraction of sp³-hybridized carbons (Fsp3) is 0.550. The Balaban J connectivity index is 1.64. The molecular weight excluding hydrogens is 528 g/mol. The molecule has 2 fully saturated rings. The van der Waals surface area contributed by atoms with Crippen LogP contribution in [-0.4, -0.2) is 15.3 Å². The highest BCUT2D eigenvalue weighted by Crippen LogP contribution is 2.50. The maximum atomic E-state index is 11.5. The van der Waals surface area contributed by atoms with Crippen LogP contribution >= 0.6 is 0 Å². The van der Waals surface area contributed by atoms with E-state index in [0.29, 0.717) is 29.1 Å². The van der Waals surface area contributed by atoms with Crippen molar-refractivity contribution in [3.8, 4) is 17.2 Å². The van der Waals surface area contributed by atoms with E-state index in [4.69, 9.17) is 0 Å². The summed E-state index contributed by atoms with van der Waals surface area (Å²) in [5.74, 6) is 1.83. The molecule has 2 saturated carbocycles. The number of hydrogen-bond donors (Lipinski definition) is 3. The van der Waals surface area contributed by atoms with Gasteiger partial charge in [-0.25, -0.2) is 0 Å². The molecule has 43 heavy (non-hydrogen) atoms. The molecule has 232 valence electrons. The Labute approximate surface area is 260 Å². The quantitative estimate of drug-likeness (QED) is 0.139. The molecule has 0 bridgehead atoms. The van der Waals surface area contributed by atoms with Crippen LogP contribution in [0.1, 0.15) is 162 Å². The van der Waals surface area contributed by atoms with E-state index in [1.807, 2.05) is 30.3 Å². The lowest BCUT2D eigenvalue weighted by molar-refractivity contribution is 0.408. The molecule has 0 atom stereocenters. The third kappa shape index (κ3) is 7.24. The molecule has 0 radical (unpaired) electrons. The highest BCUT2D eigenvalue weighted by Gasteiger charge is 2.39. The molecule has 3 aromatic carbocycles. The zero-order chi connectivity index (χ0) is 30.1. The maximum absolute atomic E-state index is 11.5. The average Bonchev–Trinajstić information content (AvgIpc) is 3.04. The molecule has 2 aliphatic rings. The summed E-state index contributed by atoms with van der Waals surface area (Å²) >= 11 is 0. The van der Waals surface area contributed by atoms with Crippen molar-refractivity contribution in [3.05, 3.63) is 88.5 Å². The number of aromatic hydroxyl groups is 3. The number of phenolic OH excluding ortho intramolecular Hbond substituents is 3. The van der Waals surface area contributed by atoms with Gasteiger partial charge in [-0.2, -0.15) is 0 Å². The van der Waals surface area contributed by atoms with Crippen LogP contribution in [0.15, 0.2) is 60.7 Å². The van der Waals surface area contributed by atoms with E-state index in [0.717, 1.165) is 72.8 Å². The van der Waals surface area contributed by atoms with Gasteiger partial charge >= 0.3 is 0 Å². The number of phenols is 3. The SMILES string of the molecule is CCCCCCCCCC(c1ccc(O)c(C2CCCCC2)c1)(c1ccc(O)c(C2CCCCC2)c1)c1ccccc1O. The topological polar surface area (TPSA) is 60.7 Å². The molecular formula is C40H54O3. The Kier molecular flexibility index (Phi) is 11.1. The van der Waals surface area contributed by atoms with E-state index in [1.54, 1.807) is 0 Å². The predicted molar refractivity (Wildman–Crippen MR) is 178 cm³/mol. The van der Waals surface area contributed by atoms with Gasteiger partial charge in [0.2, 0.25) is 0 Å². The summed E-state index contributed by atoms with van der Waals surface area (Å²) < 4.78 is 0. The zero-order valence-corrected chi connectivity index (χ0v) is 26.5. The van der Waals surface area contributed by atoms with Gasteiger partial charge in [0.1, 0.15) is 17.2 Å². The molecule has 3 N–H and O–H groups in total. The van der Waals surface area contributed by atoms with Gasteiger partial charge in [-0.1, -0.05) is 133 Å².